The Kier molecular flexibility index (Phi) is 8.71. The molecule has 0 radical (unpaired) electrons. The molecule has 2 aromatic carbocycles. The molecule has 0 unspecified atom stereocenters. The van der Waals surface area contributed by atoms with E-state index in [1.807, 2.05) is 57.2 Å². The molecule has 200 valence electrons. The molecule has 0 N–H and O–H groups in total. The van der Waals surface area contributed by atoms with Crippen LogP contribution in [0, 0.1) is 0 Å². The van der Waals surface area contributed by atoms with Crippen molar-refractivity contribution in [2.75, 3.05) is 46.4 Å². The van der Waals surface area contributed by atoms with Crippen LogP contribution >= 0.6 is 0 Å². The van der Waals surface area contributed by atoms with Crippen molar-refractivity contribution < 1.29 is 23.8 Å². The molecule has 37 heavy (non-hydrogen) atoms. The highest BCUT2D eigenvalue weighted by Gasteiger charge is 2.33. The van der Waals surface area contributed by atoms with Gasteiger partial charge in [0.25, 0.3) is 0 Å². The average molecular weight is 510 g/mol. The Balaban J connectivity index is 1.22. The number of piperazine rings is 1. The topological polar surface area (TPSA) is 71.5 Å². The van der Waals surface area contributed by atoms with Crippen molar-refractivity contribution in [3.63, 3.8) is 0 Å². The number of ether oxygens (including phenoxy) is 3. The Hall–Kier alpha value is -3.10. The van der Waals surface area contributed by atoms with Gasteiger partial charge in [0.1, 0.15) is 17.4 Å². The Bertz CT molecular complexity index is 1030. The molecule has 0 aromatic heterocycles. The minimum absolute atomic E-state index is 0.234. The zero-order valence-electron chi connectivity index (χ0n) is 22.4. The molecular weight excluding hydrogens is 470 g/mol. The summed E-state index contributed by atoms with van der Waals surface area (Å²) in [6, 6.07) is 15.6. The number of hydrogen-bond acceptors (Lipinski definition) is 7. The summed E-state index contributed by atoms with van der Waals surface area (Å²) in [7, 11) is 1.44. The van der Waals surface area contributed by atoms with Crippen LogP contribution in [0.25, 0.3) is 0 Å². The summed E-state index contributed by atoms with van der Waals surface area (Å²) in [5, 5.41) is 0. The maximum atomic E-state index is 12.7. The molecule has 0 bridgehead atoms. The van der Waals surface area contributed by atoms with E-state index in [-0.39, 0.29) is 12.1 Å². The van der Waals surface area contributed by atoms with Gasteiger partial charge in [0, 0.05) is 45.8 Å². The number of carbonyl (C=O) groups is 2. The van der Waals surface area contributed by atoms with Gasteiger partial charge in [0.2, 0.25) is 0 Å². The Morgan fingerprint density at radius 2 is 1.54 bits per heavy atom. The molecule has 1 saturated heterocycles. The maximum absolute atomic E-state index is 12.7. The van der Waals surface area contributed by atoms with Gasteiger partial charge in [-0.05, 0) is 56.0 Å². The minimum atomic E-state index is -0.468. The SMILES string of the molecule is COC(=O)[C@H](c1ccc(OCCCN2CCN(C(=O)OC(C)(C)C)CC2)cc1)N1Cc2ccccc2C1. The van der Waals surface area contributed by atoms with Crippen molar-refractivity contribution in [3.05, 3.63) is 65.2 Å². The van der Waals surface area contributed by atoms with E-state index < -0.39 is 11.6 Å². The monoisotopic (exact) mass is 509 g/mol. The van der Waals surface area contributed by atoms with Gasteiger partial charge in [-0.2, -0.15) is 0 Å². The number of carbonyl (C=O) groups excluding carboxylic acids is 2. The third-order valence-electron chi connectivity index (χ3n) is 6.76. The fourth-order valence-corrected chi connectivity index (χ4v) is 4.85. The molecule has 8 heteroatoms. The number of amides is 1. The van der Waals surface area contributed by atoms with Gasteiger partial charge in [-0.25, -0.2) is 9.59 Å². The first-order valence-electron chi connectivity index (χ1n) is 13.1. The summed E-state index contributed by atoms with van der Waals surface area (Å²) in [4.78, 5) is 31.2. The molecule has 8 nitrogen and oxygen atoms in total. The molecule has 0 spiro atoms. The lowest BCUT2D eigenvalue weighted by Crippen LogP contribution is -2.50. The van der Waals surface area contributed by atoms with Crippen LogP contribution in [0.5, 0.6) is 5.75 Å². The molecule has 2 aromatic rings. The average Bonchev–Trinajstić information content (AvgIpc) is 3.30. The van der Waals surface area contributed by atoms with E-state index in [1.165, 1.54) is 18.2 Å². The number of esters is 1. The van der Waals surface area contributed by atoms with E-state index in [9.17, 15) is 9.59 Å². The molecule has 0 saturated carbocycles. The highest BCUT2D eigenvalue weighted by atomic mass is 16.6. The van der Waals surface area contributed by atoms with Crippen LogP contribution in [0.4, 0.5) is 4.79 Å². The van der Waals surface area contributed by atoms with Crippen molar-refractivity contribution in [1.29, 1.82) is 0 Å². The van der Waals surface area contributed by atoms with E-state index in [0.29, 0.717) is 19.7 Å². The first-order chi connectivity index (χ1) is 17.7. The third kappa shape index (κ3) is 7.23. The molecule has 1 amide bonds. The molecule has 4 rings (SSSR count). The van der Waals surface area contributed by atoms with Crippen LogP contribution in [0.15, 0.2) is 48.5 Å². The molecule has 0 aliphatic carbocycles. The number of rotatable bonds is 8. The largest absolute Gasteiger partial charge is 0.494 e. The minimum Gasteiger partial charge on any atom is -0.494 e. The van der Waals surface area contributed by atoms with Crippen molar-refractivity contribution in [3.8, 4) is 5.75 Å². The second-order valence-corrected chi connectivity index (χ2v) is 10.7. The number of methoxy groups -OCH3 is 1. The summed E-state index contributed by atoms with van der Waals surface area (Å²) in [5.74, 6) is 0.528. The van der Waals surface area contributed by atoms with Gasteiger partial charge in [-0.15, -0.1) is 0 Å². The van der Waals surface area contributed by atoms with Crippen LogP contribution in [-0.2, 0) is 27.4 Å². The van der Waals surface area contributed by atoms with Crippen LogP contribution in [0.3, 0.4) is 0 Å². The summed E-state index contributed by atoms with van der Waals surface area (Å²) in [6.07, 6.45) is 0.660. The first kappa shape index (κ1) is 26.9. The van der Waals surface area contributed by atoms with E-state index in [4.69, 9.17) is 14.2 Å². The van der Waals surface area contributed by atoms with Gasteiger partial charge in [0.05, 0.1) is 13.7 Å². The lowest BCUT2D eigenvalue weighted by Gasteiger charge is -2.35. The van der Waals surface area contributed by atoms with E-state index in [2.05, 4.69) is 21.9 Å². The number of fused-ring (bicyclic) bond motifs is 1. The predicted octanol–water partition coefficient (Wildman–Crippen LogP) is 4.24. The Labute approximate surface area is 220 Å². The summed E-state index contributed by atoms with van der Waals surface area (Å²) < 4.78 is 16.6. The van der Waals surface area contributed by atoms with Crippen LogP contribution in [0.1, 0.15) is 49.9 Å². The van der Waals surface area contributed by atoms with E-state index in [0.717, 1.165) is 50.5 Å². The lowest BCUT2D eigenvalue weighted by atomic mass is 10.1. The highest BCUT2D eigenvalue weighted by molar-refractivity contribution is 5.77. The number of benzene rings is 2. The Morgan fingerprint density at radius 1 is 0.919 bits per heavy atom. The van der Waals surface area contributed by atoms with Gasteiger partial charge in [-0.1, -0.05) is 36.4 Å². The summed E-state index contributed by atoms with van der Waals surface area (Å²) in [5.41, 5.74) is 2.93. The fourth-order valence-electron chi connectivity index (χ4n) is 4.85. The van der Waals surface area contributed by atoms with E-state index in [1.54, 1.807) is 4.90 Å². The van der Waals surface area contributed by atoms with Crippen molar-refractivity contribution in [2.24, 2.45) is 0 Å². The quantitative estimate of drug-likeness (QED) is 0.389. The van der Waals surface area contributed by atoms with Gasteiger partial charge < -0.3 is 19.1 Å². The first-order valence-corrected chi connectivity index (χ1v) is 13.1. The highest BCUT2D eigenvalue weighted by Crippen LogP contribution is 2.32. The molecule has 2 heterocycles. The van der Waals surface area contributed by atoms with Gasteiger partial charge in [-0.3, -0.25) is 9.80 Å². The van der Waals surface area contributed by atoms with Crippen LogP contribution < -0.4 is 4.74 Å². The molecule has 1 fully saturated rings. The van der Waals surface area contributed by atoms with Crippen molar-refractivity contribution in [2.45, 2.75) is 51.9 Å². The zero-order chi connectivity index (χ0) is 26.4. The summed E-state index contributed by atoms with van der Waals surface area (Å²) >= 11 is 0. The molecule has 2 aliphatic rings. The van der Waals surface area contributed by atoms with Gasteiger partial charge in [0.15, 0.2) is 0 Å². The Morgan fingerprint density at radius 3 is 2.11 bits per heavy atom. The number of hydrogen-bond donors (Lipinski definition) is 0. The van der Waals surface area contributed by atoms with Crippen molar-refractivity contribution in [1.82, 2.24) is 14.7 Å². The second-order valence-electron chi connectivity index (χ2n) is 10.7. The van der Waals surface area contributed by atoms with Crippen molar-refractivity contribution >= 4 is 12.1 Å². The lowest BCUT2D eigenvalue weighted by molar-refractivity contribution is -0.147. The molecule has 1 atom stereocenters. The smallest absolute Gasteiger partial charge is 0.410 e. The normalized spacial score (nSPS) is 17.2. The summed E-state index contributed by atoms with van der Waals surface area (Å²) in [6.45, 7) is 11.7. The van der Waals surface area contributed by atoms with Gasteiger partial charge >= 0.3 is 12.1 Å². The standard InChI is InChI=1S/C29H39N3O5/c1-29(2,3)37-28(34)31-17-15-30(16-18-31)14-7-19-36-25-12-10-22(11-13-25)26(27(33)35-4)32-20-23-8-5-6-9-24(23)21-32/h5-6,8-13,26H,7,14-21H2,1-4H3/t26-/m0/s1. The zero-order valence-corrected chi connectivity index (χ0v) is 22.4. The molecular formula is C29H39N3O5. The van der Waals surface area contributed by atoms with E-state index >= 15 is 0 Å². The predicted molar refractivity (Wildman–Crippen MR) is 141 cm³/mol. The second kappa shape index (κ2) is 12.0. The van der Waals surface area contributed by atoms with Crippen LogP contribution in [0.2, 0.25) is 0 Å². The third-order valence-corrected chi connectivity index (χ3v) is 6.76. The van der Waals surface area contributed by atoms with Crippen LogP contribution in [-0.4, -0.2) is 78.8 Å². The number of nitrogens with zero attached hydrogens (tertiary/aromatic N) is 3. The molecule has 2 aliphatic heterocycles. The fraction of sp³-hybridized carbons (Fsp3) is 0.517. The maximum Gasteiger partial charge on any atom is 0.410 e.